The molecule has 0 aromatic heterocycles. The molecule has 1 aliphatic heterocycles. The molecule has 0 aliphatic carbocycles. The van der Waals surface area contributed by atoms with E-state index in [1.807, 2.05) is 11.0 Å². The summed E-state index contributed by atoms with van der Waals surface area (Å²) in [5.74, 6) is 0. The molecule has 8 heteroatoms. The molecular weight excluding hydrogens is 359 g/mol. The second-order valence-corrected chi connectivity index (χ2v) is 6.55. The van der Waals surface area contributed by atoms with Gasteiger partial charge in [-0.3, -0.25) is 15.0 Å². The normalized spacial score (nSPS) is 15.7. The summed E-state index contributed by atoms with van der Waals surface area (Å²) in [6.45, 7) is 3.54. The Labute approximate surface area is 155 Å². The van der Waals surface area contributed by atoms with Crippen LogP contribution in [0.5, 0.6) is 0 Å². The lowest BCUT2D eigenvalue weighted by Crippen LogP contribution is -2.47. The van der Waals surface area contributed by atoms with Crippen LogP contribution in [-0.4, -0.2) is 42.5 Å². The molecule has 1 aliphatic rings. The third-order valence-electron chi connectivity index (χ3n) is 4.75. The SMILES string of the molecule is O=[N+]([O-])c1cccc(CCN2CCN(c3cccc(C(F)(F)F)c3)CC2)c1. The van der Waals surface area contributed by atoms with Gasteiger partial charge < -0.3 is 4.90 Å². The Morgan fingerprint density at radius 1 is 1.00 bits per heavy atom. The van der Waals surface area contributed by atoms with Gasteiger partial charge in [0.05, 0.1) is 10.5 Å². The van der Waals surface area contributed by atoms with Crippen LogP contribution < -0.4 is 4.90 Å². The van der Waals surface area contributed by atoms with Crippen LogP contribution in [0.2, 0.25) is 0 Å². The second kappa shape index (κ2) is 7.96. The van der Waals surface area contributed by atoms with Crippen LogP contribution in [0.3, 0.4) is 0 Å². The van der Waals surface area contributed by atoms with Gasteiger partial charge in [-0.25, -0.2) is 0 Å². The lowest BCUT2D eigenvalue weighted by Gasteiger charge is -2.36. The van der Waals surface area contributed by atoms with E-state index < -0.39 is 16.7 Å². The molecule has 2 aromatic carbocycles. The molecule has 1 fully saturated rings. The van der Waals surface area contributed by atoms with E-state index in [1.54, 1.807) is 18.2 Å². The van der Waals surface area contributed by atoms with Gasteiger partial charge in [-0.15, -0.1) is 0 Å². The topological polar surface area (TPSA) is 49.6 Å². The van der Waals surface area contributed by atoms with Crippen molar-refractivity contribution in [3.63, 3.8) is 0 Å². The van der Waals surface area contributed by atoms with Gasteiger partial charge in [0.2, 0.25) is 0 Å². The van der Waals surface area contributed by atoms with Crippen molar-refractivity contribution in [2.75, 3.05) is 37.6 Å². The highest BCUT2D eigenvalue weighted by molar-refractivity contribution is 5.49. The van der Waals surface area contributed by atoms with Crippen LogP contribution in [0.4, 0.5) is 24.5 Å². The summed E-state index contributed by atoms with van der Waals surface area (Å²) in [5, 5.41) is 10.8. The number of alkyl halides is 3. The number of hydrogen-bond acceptors (Lipinski definition) is 4. The number of piperazine rings is 1. The number of rotatable bonds is 5. The van der Waals surface area contributed by atoms with Gasteiger partial charge in [0.25, 0.3) is 5.69 Å². The van der Waals surface area contributed by atoms with Crippen LogP contribution >= 0.6 is 0 Å². The standard InChI is InChI=1S/C19H20F3N3O2/c20-19(21,22)16-4-2-5-17(14-16)24-11-9-23(10-12-24)8-7-15-3-1-6-18(13-15)25(26)27/h1-6,13-14H,7-12H2. The highest BCUT2D eigenvalue weighted by atomic mass is 19.4. The van der Waals surface area contributed by atoms with Crippen molar-refractivity contribution in [3.05, 3.63) is 69.8 Å². The first-order valence-corrected chi connectivity index (χ1v) is 8.71. The first kappa shape index (κ1) is 19.2. The van der Waals surface area contributed by atoms with Gasteiger partial charge in [-0.2, -0.15) is 13.2 Å². The van der Waals surface area contributed by atoms with Crippen molar-refractivity contribution in [1.29, 1.82) is 0 Å². The molecule has 27 heavy (non-hydrogen) atoms. The molecule has 0 bridgehead atoms. The van der Waals surface area contributed by atoms with Crippen LogP contribution in [0.1, 0.15) is 11.1 Å². The van der Waals surface area contributed by atoms with E-state index >= 15 is 0 Å². The van der Waals surface area contributed by atoms with Crippen molar-refractivity contribution in [3.8, 4) is 0 Å². The van der Waals surface area contributed by atoms with Crippen molar-refractivity contribution in [2.45, 2.75) is 12.6 Å². The molecule has 0 saturated carbocycles. The maximum Gasteiger partial charge on any atom is 0.416 e. The average molecular weight is 379 g/mol. The molecule has 0 spiro atoms. The first-order chi connectivity index (χ1) is 12.8. The number of nitro groups is 1. The molecule has 5 nitrogen and oxygen atoms in total. The fourth-order valence-electron chi connectivity index (χ4n) is 3.22. The molecule has 3 rings (SSSR count). The lowest BCUT2D eigenvalue weighted by atomic mass is 10.1. The summed E-state index contributed by atoms with van der Waals surface area (Å²) in [7, 11) is 0. The fraction of sp³-hybridized carbons (Fsp3) is 0.368. The van der Waals surface area contributed by atoms with Gasteiger partial charge in [0.15, 0.2) is 0 Å². The molecule has 144 valence electrons. The van der Waals surface area contributed by atoms with Crippen molar-refractivity contribution >= 4 is 11.4 Å². The van der Waals surface area contributed by atoms with Crippen LogP contribution in [0.15, 0.2) is 48.5 Å². The average Bonchev–Trinajstić information content (AvgIpc) is 2.66. The number of nitro benzene ring substituents is 1. The summed E-state index contributed by atoms with van der Waals surface area (Å²) in [6.07, 6.45) is -3.64. The Hall–Kier alpha value is -2.61. The molecule has 0 atom stereocenters. The van der Waals surface area contributed by atoms with Gasteiger partial charge >= 0.3 is 6.18 Å². The minimum Gasteiger partial charge on any atom is -0.369 e. The summed E-state index contributed by atoms with van der Waals surface area (Å²) in [4.78, 5) is 14.6. The summed E-state index contributed by atoms with van der Waals surface area (Å²) >= 11 is 0. The Morgan fingerprint density at radius 3 is 2.37 bits per heavy atom. The maximum atomic E-state index is 12.9. The van der Waals surface area contributed by atoms with Crippen molar-refractivity contribution in [1.82, 2.24) is 4.90 Å². The van der Waals surface area contributed by atoms with E-state index in [9.17, 15) is 23.3 Å². The van der Waals surface area contributed by atoms with Crippen LogP contribution in [0.25, 0.3) is 0 Å². The van der Waals surface area contributed by atoms with Gasteiger partial charge in [-0.05, 0) is 30.2 Å². The molecule has 0 amide bonds. The summed E-state index contributed by atoms with van der Waals surface area (Å²) in [5.41, 5.74) is 0.947. The lowest BCUT2D eigenvalue weighted by molar-refractivity contribution is -0.384. The number of halogens is 3. The monoisotopic (exact) mass is 379 g/mol. The number of anilines is 1. The molecule has 0 N–H and O–H groups in total. The Balaban J connectivity index is 1.54. The van der Waals surface area contributed by atoms with Gasteiger partial charge in [-0.1, -0.05) is 18.2 Å². The predicted octanol–water partition coefficient (Wildman–Crippen LogP) is 3.98. The molecular formula is C19H20F3N3O2. The zero-order chi connectivity index (χ0) is 19.4. The minimum absolute atomic E-state index is 0.0851. The highest BCUT2D eigenvalue weighted by Crippen LogP contribution is 2.31. The smallest absolute Gasteiger partial charge is 0.369 e. The number of nitrogens with zero attached hydrogens (tertiary/aromatic N) is 3. The fourth-order valence-corrected chi connectivity index (χ4v) is 3.22. The van der Waals surface area contributed by atoms with Crippen molar-refractivity contribution in [2.24, 2.45) is 0 Å². The van der Waals surface area contributed by atoms with E-state index in [4.69, 9.17) is 0 Å². The van der Waals surface area contributed by atoms with Gasteiger partial charge in [0, 0.05) is 50.5 Å². The van der Waals surface area contributed by atoms with E-state index in [1.165, 1.54) is 18.2 Å². The molecule has 0 radical (unpaired) electrons. The summed E-state index contributed by atoms with van der Waals surface area (Å²) in [6, 6.07) is 12.0. The third-order valence-corrected chi connectivity index (χ3v) is 4.75. The van der Waals surface area contributed by atoms with E-state index in [0.717, 1.165) is 31.3 Å². The Bertz CT molecular complexity index is 803. The molecule has 0 unspecified atom stereocenters. The number of non-ortho nitro benzene ring substituents is 1. The third kappa shape index (κ3) is 4.97. The first-order valence-electron chi connectivity index (χ1n) is 8.71. The number of hydrogen-bond donors (Lipinski definition) is 0. The predicted molar refractivity (Wildman–Crippen MR) is 96.9 cm³/mol. The van der Waals surface area contributed by atoms with E-state index in [0.29, 0.717) is 25.2 Å². The molecule has 1 heterocycles. The zero-order valence-electron chi connectivity index (χ0n) is 14.7. The quantitative estimate of drug-likeness (QED) is 0.583. The minimum atomic E-state index is -4.34. The largest absolute Gasteiger partial charge is 0.416 e. The Kier molecular flexibility index (Phi) is 5.65. The number of benzene rings is 2. The van der Waals surface area contributed by atoms with Crippen molar-refractivity contribution < 1.29 is 18.1 Å². The van der Waals surface area contributed by atoms with E-state index in [-0.39, 0.29) is 5.69 Å². The van der Waals surface area contributed by atoms with Crippen LogP contribution in [0, 0.1) is 10.1 Å². The Morgan fingerprint density at radius 2 is 1.70 bits per heavy atom. The van der Waals surface area contributed by atoms with E-state index in [2.05, 4.69) is 4.90 Å². The second-order valence-electron chi connectivity index (χ2n) is 6.55. The highest BCUT2D eigenvalue weighted by Gasteiger charge is 2.31. The molecule has 2 aromatic rings. The van der Waals surface area contributed by atoms with Gasteiger partial charge in [0.1, 0.15) is 0 Å². The molecule has 1 saturated heterocycles. The summed E-state index contributed by atoms with van der Waals surface area (Å²) < 4.78 is 38.6. The van der Waals surface area contributed by atoms with Crippen LogP contribution in [-0.2, 0) is 12.6 Å². The zero-order valence-corrected chi connectivity index (χ0v) is 14.7. The maximum absolute atomic E-state index is 12.9.